The first-order valence-electron chi connectivity index (χ1n) is 9.46. The third-order valence-corrected chi connectivity index (χ3v) is 5.45. The van der Waals surface area contributed by atoms with E-state index in [4.69, 9.17) is 0 Å². The van der Waals surface area contributed by atoms with Crippen molar-refractivity contribution in [2.45, 2.75) is 31.7 Å². The van der Waals surface area contributed by atoms with E-state index in [1.54, 1.807) is 0 Å². The highest BCUT2D eigenvalue weighted by Crippen LogP contribution is 2.24. The van der Waals surface area contributed by atoms with Crippen LogP contribution in [0.4, 0.5) is 0 Å². The summed E-state index contributed by atoms with van der Waals surface area (Å²) in [6.07, 6.45) is 3.56. The number of piperidine rings is 1. The highest BCUT2D eigenvalue weighted by atomic mass is 16.2. The Morgan fingerprint density at radius 1 is 0.923 bits per heavy atom. The molecule has 2 amide bonds. The van der Waals surface area contributed by atoms with E-state index in [0.29, 0.717) is 13.0 Å². The Bertz CT molecular complexity index is 803. The van der Waals surface area contributed by atoms with Crippen molar-refractivity contribution in [3.8, 4) is 11.1 Å². The fourth-order valence-corrected chi connectivity index (χ4v) is 4.09. The molecular formula is C22H24N2O2. The van der Waals surface area contributed by atoms with Crippen LogP contribution >= 0.6 is 0 Å². The van der Waals surface area contributed by atoms with Gasteiger partial charge in [0.1, 0.15) is 0 Å². The first kappa shape index (κ1) is 16.8. The van der Waals surface area contributed by atoms with Gasteiger partial charge in [-0.1, -0.05) is 42.5 Å². The molecule has 4 nitrogen and oxygen atoms in total. The first-order valence-corrected chi connectivity index (χ1v) is 9.46. The van der Waals surface area contributed by atoms with Gasteiger partial charge in [0, 0.05) is 37.7 Å². The maximum absolute atomic E-state index is 13.0. The Kier molecular flexibility index (Phi) is 4.74. The van der Waals surface area contributed by atoms with Gasteiger partial charge in [0.05, 0.1) is 0 Å². The molecule has 0 aliphatic carbocycles. The number of hydrogen-bond acceptors (Lipinski definition) is 2. The summed E-state index contributed by atoms with van der Waals surface area (Å²) in [4.78, 5) is 29.0. The lowest BCUT2D eigenvalue weighted by molar-refractivity contribution is -0.130. The zero-order valence-electron chi connectivity index (χ0n) is 14.9. The SMILES string of the molecule is O=C(c1cccc(-c2ccccc2)c1)N1CCC[C@@H](N2CCCC2=O)C1. The molecule has 26 heavy (non-hydrogen) atoms. The van der Waals surface area contributed by atoms with Crippen LogP contribution in [0.5, 0.6) is 0 Å². The molecule has 2 aromatic carbocycles. The second-order valence-electron chi connectivity index (χ2n) is 7.18. The minimum Gasteiger partial charge on any atom is -0.338 e. The molecule has 2 heterocycles. The number of carbonyl (C=O) groups is 2. The van der Waals surface area contributed by atoms with E-state index in [0.717, 1.165) is 49.0 Å². The third kappa shape index (κ3) is 3.36. The molecule has 4 heteroatoms. The largest absolute Gasteiger partial charge is 0.338 e. The van der Waals surface area contributed by atoms with Crippen LogP contribution in [0.15, 0.2) is 54.6 Å². The molecule has 1 atom stereocenters. The van der Waals surface area contributed by atoms with Crippen LogP contribution in [-0.4, -0.2) is 47.3 Å². The van der Waals surface area contributed by atoms with E-state index >= 15 is 0 Å². The third-order valence-electron chi connectivity index (χ3n) is 5.45. The number of likely N-dealkylation sites (tertiary alicyclic amines) is 2. The second-order valence-corrected chi connectivity index (χ2v) is 7.18. The standard InChI is InChI=1S/C22H24N2O2/c25-21-12-6-14-24(21)20-11-5-13-23(16-20)22(26)19-10-4-9-18(15-19)17-7-2-1-3-8-17/h1-4,7-10,15,20H,5-6,11-14,16H2/t20-/m1/s1. The van der Waals surface area contributed by atoms with E-state index in [1.807, 2.05) is 52.3 Å². The lowest BCUT2D eigenvalue weighted by Gasteiger charge is -2.37. The number of amides is 2. The quantitative estimate of drug-likeness (QED) is 0.851. The van der Waals surface area contributed by atoms with Gasteiger partial charge in [-0.05, 0) is 42.5 Å². The molecule has 0 radical (unpaired) electrons. The smallest absolute Gasteiger partial charge is 0.253 e. The van der Waals surface area contributed by atoms with E-state index in [2.05, 4.69) is 12.1 Å². The van der Waals surface area contributed by atoms with Crippen molar-refractivity contribution in [1.82, 2.24) is 9.80 Å². The molecule has 0 N–H and O–H groups in total. The van der Waals surface area contributed by atoms with Gasteiger partial charge in [-0.15, -0.1) is 0 Å². The molecule has 0 bridgehead atoms. The molecule has 0 spiro atoms. The van der Waals surface area contributed by atoms with Crippen LogP contribution in [0, 0.1) is 0 Å². The highest BCUT2D eigenvalue weighted by molar-refractivity contribution is 5.95. The minimum atomic E-state index is 0.0686. The molecule has 2 fully saturated rings. The summed E-state index contributed by atoms with van der Waals surface area (Å²) in [5.74, 6) is 0.314. The van der Waals surface area contributed by atoms with Crippen molar-refractivity contribution in [1.29, 1.82) is 0 Å². The van der Waals surface area contributed by atoms with Crippen LogP contribution in [0.25, 0.3) is 11.1 Å². The van der Waals surface area contributed by atoms with E-state index < -0.39 is 0 Å². The molecule has 0 unspecified atom stereocenters. The van der Waals surface area contributed by atoms with Crippen LogP contribution in [0.2, 0.25) is 0 Å². The highest BCUT2D eigenvalue weighted by Gasteiger charge is 2.33. The first-order chi connectivity index (χ1) is 12.7. The Morgan fingerprint density at radius 2 is 1.73 bits per heavy atom. The average molecular weight is 348 g/mol. The van der Waals surface area contributed by atoms with Crippen LogP contribution in [0.3, 0.4) is 0 Å². The molecule has 2 aromatic rings. The molecule has 0 saturated carbocycles. The lowest BCUT2D eigenvalue weighted by atomic mass is 10.0. The minimum absolute atomic E-state index is 0.0686. The fourth-order valence-electron chi connectivity index (χ4n) is 4.09. The summed E-state index contributed by atoms with van der Waals surface area (Å²) in [7, 11) is 0. The molecular weight excluding hydrogens is 324 g/mol. The lowest BCUT2D eigenvalue weighted by Crippen LogP contribution is -2.50. The van der Waals surface area contributed by atoms with Gasteiger partial charge in [-0.25, -0.2) is 0 Å². The predicted molar refractivity (Wildman–Crippen MR) is 102 cm³/mol. The number of benzene rings is 2. The van der Waals surface area contributed by atoms with Gasteiger partial charge in [-0.2, -0.15) is 0 Å². The zero-order chi connectivity index (χ0) is 17.9. The summed E-state index contributed by atoms with van der Waals surface area (Å²) >= 11 is 0. The molecule has 2 aliphatic heterocycles. The monoisotopic (exact) mass is 348 g/mol. The van der Waals surface area contributed by atoms with Crippen LogP contribution in [-0.2, 0) is 4.79 Å². The Morgan fingerprint density at radius 3 is 2.50 bits per heavy atom. The van der Waals surface area contributed by atoms with Gasteiger partial charge < -0.3 is 9.80 Å². The second kappa shape index (κ2) is 7.32. The van der Waals surface area contributed by atoms with Crippen molar-refractivity contribution < 1.29 is 9.59 Å². The number of carbonyl (C=O) groups excluding carboxylic acids is 2. The summed E-state index contributed by atoms with van der Waals surface area (Å²) in [5.41, 5.74) is 2.89. The Hall–Kier alpha value is -2.62. The molecule has 0 aromatic heterocycles. The number of hydrogen-bond donors (Lipinski definition) is 0. The van der Waals surface area contributed by atoms with Crippen molar-refractivity contribution in [3.05, 3.63) is 60.2 Å². The maximum atomic E-state index is 13.0. The summed E-state index contributed by atoms with van der Waals surface area (Å²) in [6, 6.07) is 18.1. The topological polar surface area (TPSA) is 40.6 Å². The fraction of sp³-hybridized carbons (Fsp3) is 0.364. The molecule has 4 rings (SSSR count). The summed E-state index contributed by atoms with van der Waals surface area (Å²) in [5, 5.41) is 0. The van der Waals surface area contributed by atoms with E-state index in [9.17, 15) is 9.59 Å². The van der Waals surface area contributed by atoms with Gasteiger partial charge in [-0.3, -0.25) is 9.59 Å². The Labute approximate surface area is 154 Å². The maximum Gasteiger partial charge on any atom is 0.253 e. The zero-order valence-corrected chi connectivity index (χ0v) is 14.9. The average Bonchev–Trinajstić information content (AvgIpc) is 3.14. The molecule has 2 saturated heterocycles. The summed E-state index contributed by atoms with van der Waals surface area (Å²) < 4.78 is 0. The van der Waals surface area contributed by atoms with Crippen molar-refractivity contribution in [2.24, 2.45) is 0 Å². The predicted octanol–water partition coefficient (Wildman–Crippen LogP) is 3.58. The van der Waals surface area contributed by atoms with E-state index in [1.165, 1.54) is 0 Å². The van der Waals surface area contributed by atoms with E-state index in [-0.39, 0.29) is 17.9 Å². The van der Waals surface area contributed by atoms with Gasteiger partial charge in [0.15, 0.2) is 0 Å². The van der Waals surface area contributed by atoms with Gasteiger partial charge >= 0.3 is 0 Å². The normalized spacial score (nSPS) is 20.5. The Balaban J connectivity index is 1.51. The van der Waals surface area contributed by atoms with Crippen molar-refractivity contribution in [2.75, 3.05) is 19.6 Å². The molecule has 2 aliphatic rings. The van der Waals surface area contributed by atoms with Crippen LogP contribution < -0.4 is 0 Å². The van der Waals surface area contributed by atoms with Gasteiger partial charge in [0.25, 0.3) is 5.91 Å². The van der Waals surface area contributed by atoms with Crippen LogP contribution in [0.1, 0.15) is 36.0 Å². The number of rotatable bonds is 3. The van der Waals surface area contributed by atoms with Crippen molar-refractivity contribution in [3.63, 3.8) is 0 Å². The molecule has 134 valence electrons. The summed E-state index contributed by atoms with van der Waals surface area (Å²) in [6.45, 7) is 2.27. The number of nitrogens with zero attached hydrogens (tertiary/aromatic N) is 2. The van der Waals surface area contributed by atoms with Crippen molar-refractivity contribution >= 4 is 11.8 Å². The van der Waals surface area contributed by atoms with Gasteiger partial charge in [0.2, 0.25) is 5.91 Å².